The van der Waals surface area contributed by atoms with Gasteiger partial charge in [-0.05, 0) is 56.9 Å². The first-order valence-electron chi connectivity index (χ1n) is 6.59. The van der Waals surface area contributed by atoms with Crippen LogP contribution in [0, 0.1) is 17.8 Å². The third kappa shape index (κ3) is 3.46. The molecule has 0 amide bonds. The molecular formula is C13H26N2. The predicted molar refractivity (Wildman–Crippen MR) is 64.7 cm³/mol. The van der Waals surface area contributed by atoms with Crippen molar-refractivity contribution in [3.8, 4) is 0 Å². The van der Waals surface area contributed by atoms with E-state index in [1.807, 2.05) is 0 Å². The maximum atomic E-state index is 6.21. The molecule has 2 aliphatic rings. The van der Waals surface area contributed by atoms with Gasteiger partial charge < -0.3 is 10.6 Å². The summed E-state index contributed by atoms with van der Waals surface area (Å²) >= 11 is 0. The molecule has 2 nitrogen and oxygen atoms in total. The van der Waals surface area contributed by atoms with Crippen LogP contribution >= 0.6 is 0 Å². The molecule has 0 heterocycles. The standard InChI is InChI=1S/C13H26N2/c1-10-3-6-13(14)12(7-10)9-15(2)8-11-4-5-11/h10-13H,3-9,14H2,1-2H3. The van der Waals surface area contributed by atoms with Crippen molar-refractivity contribution >= 4 is 0 Å². The van der Waals surface area contributed by atoms with Gasteiger partial charge in [-0.2, -0.15) is 0 Å². The normalized spacial score (nSPS) is 37.2. The molecule has 3 atom stereocenters. The molecule has 15 heavy (non-hydrogen) atoms. The zero-order chi connectivity index (χ0) is 10.8. The van der Waals surface area contributed by atoms with Crippen LogP contribution in [0.3, 0.4) is 0 Å². The van der Waals surface area contributed by atoms with Gasteiger partial charge in [0.15, 0.2) is 0 Å². The summed E-state index contributed by atoms with van der Waals surface area (Å²) in [5.74, 6) is 2.65. The molecule has 0 saturated heterocycles. The number of hydrogen-bond acceptors (Lipinski definition) is 2. The molecule has 2 heteroatoms. The fourth-order valence-corrected chi connectivity index (χ4v) is 2.95. The Labute approximate surface area is 94.2 Å². The van der Waals surface area contributed by atoms with Crippen molar-refractivity contribution in [2.75, 3.05) is 20.1 Å². The van der Waals surface area contributed by atoms with E-state index in [0.717, 1.165) is 17.8 Å². The van der Waals surface area contributed by atoms with E-state index in [4.69, 9.17) is 5.73 Å². The molecule has 88 valence electrons. The quantitative estimate of drug-likeness (QED) is 0.770. The molecule has 0 aliphatic heterocycles. The van der Waals surface area contributed by atoms with Gasteiger partial charge in [0.25, 0.3) is 0 Å². The third-order valence-electron chi connectivity index (χ3n) is 4.12. The van der Waals surface area contributed by atoms with Crippen LogP contribution in [0.2, 0.25) is 0 Å². The number of nitrogens with two attached hydrogens (primary N) is 1. The summed E-state index contributed by atoms with van der Waals surface area (Å²) in [6, 6.07) is 0.461. The Morgan fingerprint density at radius 3 is 2.53 bits per heavy atom. The van der Waals surface area contributed by atoms with Crippen LogP contribution in [0.5, 0.6) is 0 Å². The minimum Gasteiger partial charge on any atom is -0.327 e. The largest absolute Gasteiger partial charge is 0.327 e. The Balaban J connectivity index is 1.75. The fourth-order valence-electron chi connectivity index (χ4n) is 2.95. The van der Waals surface area contributed by atoms with E-state index in [9.17, 15) is 0 Å². The zero-order valence-corrected chi connectivity index (χ0v) is 10.3. The van der Waals surface area contributed by atoms with E-state index in [1.54, 1.807) is 0 Å². The minimum atomic E-state index is 0.461. The van der Waals surface area contributed by atoms with E-state index in [2.05, 4.69) is 18.9 Å². The molecule has 0 aromatic carbocycles. The zero-order valence-electron chi connectivity index (χ0n) is 10.3. The molecule has 2 rings (SSSR count). The molecule has 0 aromatic heterocycles. The average Bonchev–Trinajstić information content (AvgIpc) is 2.95. The van der Waals surface area contributed by atoms with Crippen molar-refractivity contribution in [2.24, 2.45) is 23.5 Å². The summed E-state index contributed by atoms with van der Waals surface area (Å²) in [6.45, 7) is 4.90. The van der Waals surface area contributed by atoms with Crippen LogP contribution < -0.4 is 5.73 Å². The van der Waals surface area contributed by atoms with Crippen molar-refractivity contribution in [3.63, 3.8) is 0 Å². The predicted octanol–water partition coefficient (Wildman–Crippen LogP) is 2.09. The van der Waals surface area contributed by atoms with Crippen LogP contribution in [0.1, 0.15) is 39.0 Å². The summed E-state index contributed by atoms with van der Waals surface area (Å²) in [5.41, 5.74) is 6.21. The van der Waals surface area contributed by atoms with E-state index >= 15 is 0 Å². The molecule has 0 aromatic rings. The SMILES string of the molecule is CC1CCC(N)C(CN(C)CC2CC2)C1. The Kier molecular flexibility index (Phi) is 3.68. The topological polar surface area (TPSA) is 29.3 Å². The molecule has 2 saturated carbocycles. The molecule has 0 spiro atoms. The number of rotatable bonds is 4. The summed E-state index contributed by atoms with van der Waals surface area (Å²) in [4.78, 5) is 2.51. The maximum Gasteiger partial charge on any atom is 0.00795 e. The minimum absolute atomic E-state index is 0.461. The summed E-state index contributed by atoms with van der Waals surface area (Å²) < 4.78 is 0. The molecule has 3 unspecified atom stereocenters. The second-order valence-corrected chi connectivity index (χ2v) is 6.01. The van der Waals surface area contributed by atoms with Gasteiger partial charge in [0.1, 0.15) is 0 Å². The van der Waals surface area contributed by atoms with Crippen molar-refractivity contribution in [3.05, 3.63) is 0 Å². The van der Waals surface area contributed by atoms with Gasteiger partial charge in [0.2, 0.25) is 0 Å². The summed E-state index contributed by atoms with van der Waals surface area (Å²) in [7, 11) is 2.27. The first-order chi connectivity index (χ1) is 7.15. The molecule has 0 bridgehead atoms. The number of hydrogen-bond donors (Lipinski definition) is 1. The van der Waals surface area contributed by atoms with Gasteiger partial charge >= 0.3 is 0 Å². The maximum absolute atomic E-state index is 6.21. The van der Waals surface area contributed by atoms with Gasteiger partial charge in [-0.15, -0.1) is 0 Å². The van der Waals surface area contributed by atoms with E-state index in [1.165, 1.54) is 45.2 Å². The van der Waals surface area contributed by atoms with Crippen LogP contribution in [0.25, 0.3) is 0 Å². The van der Waals surface area contributed by atoms with Gasteiger partial charge in [0, 0.05) is 19.1 Å². The van der Waals surface area contributed by atoms with E-state index in [-0.39, 0.29) is 0 Å². The highest BCUT2D eigenvalue weighted by Crippen LogP contribution is 2.31. The highest BCUT2D eigenvalue weighted by Gasteiger charge is 2.28. The lowest BCUT2D eigenvalue weighted by molar-refractivity contribution is 0.177. The van der Waals surface area contributed by atoms with Crippen LogP contribution in [0.4, 0.5) is 0 Å². The summed E-state index contributed by atoms with van der Waals surface area (Å²) in [6.07, 6.45) is 6.83. The van der Waals surface area contributed by atoms with Crippen molar-refractivity contribution in [1.82, 2.24) is 4.90 Å². The lowest BCUT2D eigenvalue weighted by Crippen LogP contribution is -2.42. The molecule has 0 radical (unpaired) electrons. The monoisotopic (exact) mass is 210 g/mol. The molecule has 2 N–H and O–H groups in total. The summed E-state index contributed by atoms with van der Waals surface area (Å²) in [5, 5.41) is 0. The van der Waals surface area contributed by atoms with Gasteiger partial charge in [0.05, 0.1) is 0 Å². The Morgan fingerprint density at radius 1 is 1.13 bits per heavy atom. The van der Waals surface area contributed by atoms with Crippen molar-refractivity contribution in [2.45, 2.75) is 45.1 Å². The van der Waals surface area contributed by atoms with Crippen LogP contribution in [-0.4, -0.2) is 31.1 Å². The molecule has 2 aliphatic carbocycles. The number of nitrogens with zero attached hydrogens (tertiary/aromatic N) is 1. The molecule has 2 fully saturated rings. The fraction of sp³-hybridized carbons (Fsp3) is 1.00. The first kappa shape index (κ1) is 11.4. The first-order valence-corrected chi connectivity index (χ1v) is 6.59. The van der Waals surface area contributed by atoms with E-state index in [0.29, 0.717) is 6.04 Å². The lowest BCUT2D eigenvalue weighted by atomic mass is 9.79. The van der Waals surface area contributed by atoms with Crippen LogP contribution in [-0.2, 0) is 0 Å². The van der Waals surface area contributed by atoms with Crippen LogP contribution in [0.15, 0.2) is 0 Å². The lowest BCUT2D eigenvalue weighted by Gasteiger charge is -2.35. The average molecular weight is 210 g/mol. The highest BCUT2D eigenvalue weighted by atomic mass is 15.1. The van der Waals surface area contributed by atoms with E-state index < -0.39 is 0 Å². The Hall–Kier alpha value is -0.0800. The molecular weight excluding hydrogens is 184 g/mol. The Bertz CT molecular complexity index is 201. The third-order valence-corrected chi connectivity index (χ3v) is 4.12. The van der Waals surface area contributed by atoms with Gasteiger partial charge in [-0.1, -0.05) is 6.92 Å². The van der Waals surface area contributed by atoms with Gasteiger partial charge in [-0.3, -0.25) is 0 Å². The van der Waals surface area contributed by atoms with Crippen molar-refractivity contribution in [1.29, 1.82) is 0 Å². The van der Waals surface area contributed by atoms with Gasteiger partial charge in [-0.25, -0.2) is 0 Å². The Morgan fingerprint density at radius 2 is 1.87 bits per heavy atom. The second-order valence-electron chi connectivity index (χ2n) is 6.01. The second kappa shape index (κ2) is 4.84. The smallest absolute Gasteiger partial charge is 0.00795 e. The van der Waals surface area contributed by atoms with Crippen molar-refractivity contribution < 1.29 is 0 Å². The highest BCUT2D eigenvalue weighted by molar-refractivity contribution is 4.84.